The van der Waals surface area contributed by atoms with Crippen LogP contribution in [-0.4, -0.2) is 21.9 Å². The molecule has 26 heavy (non-hydrogen) atoms. The first-order valence-electron chi connectivity index (χ1n) is 7.08. The van der Waals surface area contributed by atoms with Gasteiger partial charge in [-0.1, -0.05) is 0 Å². The van der Waals surface area contributed by atoms with Gasteiger partial charge in [-0.25, -0.2) is 4.39 Å². The van der Waals surface area contributed by atoms with Crippen molar-refractivity contribution in [3.05, 3.63) is 58.3 Å². The van der Waals surface area contributed by atoms with Gasteiger partial charge >= 0.3 is 6.61 Å². The van der Waals surface area contributed by atoms with Crippen molar-refractivity contribution in [3.63, 3.8) is 0 Å². The maximum Gasteiger partial charge on any atom is 0.387 e. The number of nitrogens with one attached hydrogen (secondary N) is 1. The third-order valence-electron chi connectivity index (χ3n) is 3.16. The topological polar surface area (TPSA) is 64.1 Å². The van der Waals surface area contributed by atoms with Crippen molar-refractivity contribution in [1.82, 2.24) is 9.36 Å². The van der Waals surface area contributed by atoms with E-state index in [1.165, 1.54) is 42.5 Å². The molecular weight excluding hydrogens is 435 g/mol. The van der Waals surface area contributed by atoms with Gasteiger partial charge in [0.1, 0.15) is 11.6 Å². The molecule has 1 aromatic heterocycles. The van der Waals surface area contributed by atoms with Crippen molar-refractivity contribution < 1.29 is 22.7 Å². The Balaban J connectivity index is 1.72. The number of ether oxygens (including phenoxy) is 1. The fraction of sp³-hybridized carbons (Fsp3) is 0.0625. The van der Waals surface area contributed by atoms with Gasteiger partial charge in [-0.3, -0.25) is 10.1 Å². The average Bonchev–Trinajstić information content (AvgIpc) is 3.05. The Morgan fingerprint density at radius 3 is 2.58 bits per heavy atom. The molecule has 0 fully saturated rings. The first-order chi connectivity index (χ1) is 12.4. The van der Waals surface area contributed by atoms with E-state index in [1.54, 1.807) is 0 Å². The number of nitrogens with zero attached hydrogens (tertiary/aromatic N) is 2. The predicted molar refractivity (Wildman–Crippen MR) is 94.0 cm³/mol. The van der Waals surface area contributed by atoms with E-state index in [1.807, 2.05) is 0 Å². The number of hydrogen-bond acceptors (Lipinski definition) is 5. The minimum Gasteiger partial charge on any atom is -0.434 e. The third-order valence-corrected chi connectivity index (χ3v) is 4.41. The van der Waals surface area contributed by atoms with Crippen LogP contribution in [0.2, 0.25) is 0 Å². The molecule has 3 rings (SSSR count). The van der Waals surface area contributed by atoms with E-state index in [0.29, 0.717) is 11.4 Å². The molecule has 0 saturated heterocycles. The molecule has 0 atom stereocenters. The van der Waals surface area contributed by atoms with Crippen LogP contribution in [0.5, 0.6) is 5.75 Å². The summed E-state index contributed by atoms with van der Waals surface area (Å²) in [6.45, 7) is -2.96. The molecule has 5 nitrogen and oxygen atoms in total. The zero-order chi connectivity index (χ0) is 18.7. The molecule has 1 N–H and O–H groups in total. The van der Waals surface area contributed by atoms with Gasteiger partial charge in [0.05, 0.1) is 4.47 Å². The van der Waals surface area contributed by atoms with E-state index in [9.17, 15) is 18.0 Å². The van der Waals surface area contributed by atoms with Crippen LogP contribution in [-0.2, 0) is 0 Å². The lowest BCUT2D eigenvalue weighted by Gasteiger charge is -2.08. The van der Waals surface area contributed by atoms with Gasteiger partial charge in [-0.15, -0.1) is 0 Å². The SMILES string of the molecule is O=C(Nc1nc(-c2ccc(F)cc2)ns1)c1ccc(OC(F)F)c(Br)c1. The Morgan fingerprint density at radius 2 is 1.92 bits per heavy atom. The van der Waals surface area contributed by atoms with Crippen LogP contribution in [0.3, 0.4) is 0 Å². The quantitative estimate of drug-likeness (QED) is 0.605. The first-order valence-corrected chi connectivity index (χ1v) is 8.64. The molecule has 0 aliphatic rings. The predicted octanol–water partition coefficient (Wildman–Crippen LogP) is 4.96. The van der Waals surface area contributed by atoms with E-state index in [4.69, 9.17) is 0 Å². The molecule has 10 heteroatoms. The summed E-state index contributed by atoms with van der Waals surface area (Å²) < 4.78 is 46.1. The van der Waals surface area contributed by atoms with Crippen molar-refractivity contribution in [2.45, 2.75) is 6.61 Å². The van der Waals surface area contributed by atoms with Crippen LogP contribution in [0.15, 0.2) is 46.9 Å². The Hall–Kier alpha value is -2.46. The molecular formula is C16H9BrF3N3O2S. The van der Waals surface area contributed by atoms with Crippen LogP contribution in [0, 0.1) is 5.82 Å². The number of benzene rings is 2. The number of amides is 1. The van der Waals surface area contributed by atoms with E-state index in [0.717, 1.165) is 11.5 Å². The van der Waals surface area contributed by atoms with Crippen molar-refractivity contribution in [2.75, 3.05) is 5.32 Å². The summed E-state index contributed by atoms with van der Waals surface area (Å²) >= 11 is 4.04. The van der Waals surface area contributed by atoms with Crippen molar-refractivity contribution in [1.29, 1.82) is 0 Å². The first kappa shape index (κ1) is 18.3. The second-order valence-electron chi connectivity index (χ2n) is 4.91. The maximum atomic E-state index is 12.9. The Kier molecular flexibility index (Phi) is 5.52. The number of anilines is 1. The second-order valence-corrected chi connectivity index (χ2v) is 6.51. The average molecular weight is 444 g/mol. The molecule has 0 radical (unpaired) electrons. The van der Waals surface area contributed by atoms with Crippen molar-refractivity contribution in [3.8, 4) is 17.1 Å². The Bertz CT molecular complexity index is 935. The molecule has 0 spiro atoms. The number of alkyl halides is 2. The maximum absolute atomic E-state index is 12.9. The molecule has 0 unspecified atom stereocenters. The zero-order valence-electron chi connectivity index (χ0n) is 12.7. The Labute approximate surface area is 158 Å². The van der Waals surface area contributed by atoms with Crippen LogP contribution in [0.1, 0.15) is 10.4 Å². The van der Waals surface area contributed by atoms with Crippen LogP contribution >= 0.6 is 27.5 Å². The van der Waals surface area contributed by atoms with Crippen LogP contribution in [0.25, 0.3) is 11.4 Å². The van der Waals surface area contributed by atoms with E-state index >= 15 is 0 Å². The zero-order valence-corrected chi connectivity index (χ0v) is 15.2. The molecule has 0 aliphatic heterocycles. The molecule has 1 amide bonds. The standard InChI is InChI=1S/C16H9BrF3N3O2S/c17-11-7-9(3-6-12(11)25-15(19)20)14(24)22-16-21-13(23-26-16)8-1-4-10(18)5-2-8/h1-7,15H,(H,21,22,23,24). The molecule has 0 aliphatic carbocycles. The highest BCUT2D eigenvalue weighted by atomic mass is 79.9. The summed E-state index contributed by atoms with van der Waals surface area (Å²) in [6.07, 6.45) is 0. The molecule has 0 saturated carbocycles. The van der Waals surface area contributed by atoms with Gasteiger partial charge in [0.15, 0.2) is 5.82 Å². The number of carbonyl (C=O) groups is 1. The fourth-order valence-corrected chi connectivity index (χ4v) is 3.05. The number of aromatic nitrogens is 2. The fourth-order valence-electron chi connectivity index (χ4n) is 1.99. The lowest BCUT2D eigenvalue weighted by Crippen LogP contribution is -2.12. The number of hydrogen-bond donors (Lipinski definition) is 1. The number of halogens is 4. The summed E-state index contributed by atoms with van der Waals surface area (Å²) in [6, 6.07) is 9.60. The third kappa shape index (κ3) is 4.38. The lowest BCUT2D eigenvalue weighted by atomic mass is 10.2. The van der Waals surface area contributed by atoms with E-state index in [2.05, 4.69) is 35.3 Å². The molecule has 3 aromatic rings. The highest BCUT2D eigenvalue weighted by Gasteiger charge is 2.14. The highest BCUT2D eigenvalue weighted by Crippen LogP contribution is 2.28. The summed E-state index contributed by atoms with van der Waals surface area (Å²) in [5.41, 5.74) is 0.830. The van der Waals surface area contributed by atoms with Crippen molar-refractivity contribution in [2.24, 2.45) is 0 Å². The largest absolute Gasteiger partial charge is 0.434 e. The minimum absolute atomic E-state index is 0.0777. The number of carbonyl (C=O) groups excluding carboxylic acids is 1. The van der Waals surface area contributed by atoms with Gasteiger partial charge in [-0.05, 0) is 58.4 Å². The monoisotopic (exact) mass is 443 g/mol. The molecule has 0 bridgehead atoms. The van der Waals surface area contributed by atoms with Gasteiger partial charge in [0.25, 0.3) is 5.91 Å². The van der Waals surface area contributed by atoms with E-state index < -0.39 is 12.5 Å². The summed E-state index contributed by atoms with van der Waals surface area (Å²) in [7, 11) is 0. The van der Waals surface area contributed by atoms with Crippen LogP contribution < -0.4 is 10.1 Å². The van der Waals surface area contributed by atoms with Gasteiger partial charge in [-0.2, -0.15) is 18.1 Å². The van der Waals surface area contributed by atoms with Gasteiger partial charge in [0, 0.05) is 22.7 Å². The second kappa shape index (κ2) is 7.83. The summed E-state index contributed by atoms with van der Waals surface area (Å²) in [5, 5.41) is 2.82. The van der Waals surface area contributed by atoms with Crippen molar-refractivity contribution >= 4 is 38.5 Å². The van der Waals surface area contributed by atoms with Gasteiger partial charge < -0.3 is 4.74 Å². The highest BCUT2D eigenvalue weighted by molar-refractivity contribution is 9.10. The van der Waals surface area contributed by atoms with E-state index in [-0.39, 0.29) is 26.7 Å². The molecule has 1 heterocycles. The Morgan fingerprint density at radius 1 is 1.19 bits per heavy atom. The summed E-state index contributed by atoms with van der Waals surface area (Å²) in [4.78, 5) is 16.4. The normalized spacial score (nSPS) is 10.8. The van der Waals surface area contributed by atoms with Crippen LogP contribution in [0.4, 0.5) is 18.3 Å². The minimum atomic E-state index is -2.96. The smallest absolute Gasteiger partial charge is 0.387 e. The lowest BCUT2D eigenvalue weighted by molar-refractivity contribution is -0.0503. The van der Waals surface area contributed by atoms with Gasteiger partial charge in [0.2, 0.25) is 5.13 Å². The molecule has 2 aromatic carbocycles. The summed E-state index contributed by atoms with van der Waals surface area (Å²) in [5.74, 6) is -0.586. The molecule has 134 valence electrons. The number of rotatable bonds is 5.